The molecule has 198 valence electrons. The van der Waals surface area contributed by atoms with Gasteiger partial charge in [0.25, 0.3) is 5.91 Å². The van der Waals surface area contributed by atoms with Gasteiger partial charge in [-0.3, -0.25) is 4.79 Å². The van der Waals surface area contributed by atoms with E-state index in [0.717, 1.165) is 23.2 Å². The van der Waals surface area contributed by atoms with Crippen molar-refractivity contribution in [2.45, 2.75) is 42.5 Å². The Bertz CT molecular complexity index is 1040. The van der Waals surface area contributed by atoms with Gasteiger partial charge >= 0.3 is 6.18 Å². The molecule has 0 bridgehead atoms. The average Bonchev–Trinajstić information content (AvgIpc) is 3.13. The number of aliphatic hydroxyl groups excluding tert-OH is 1. The van der Waals surface area contributed by atoms with Gasteiger partial charge in [-0.1, -0.05) is 40.8 Å². The number of hydrogen-bond donors (Lipinski definition) is 3. The summed E-state index contributed by atoms with van der Waals surface area (Å²) in [5.74, 6) is -0.186. The normalized spacial score (nSPS) is 16.1. The van der Waals surface area contributed by atoms with Crippen LogP contribution in [0.5, 0.6) is 11.5 Å². The van der Waals surface area contributed by atoms with Crippen molar-refractivity contribution in [3.8, 4) is 11.5 Å². The highest BCUT2D eigenvalue weighted by Crippen LogP contribution is 2.39. The molecule has 0 aliphatic carbocycles. The lowest BCUT2D eigenvalue weighted by atomic mass is 9.98. The second-order valence-corrected chi connectivity index (χ2v) is 10.1. The Balaban J connectivity index is 1.56. The Kier molecular flexibility index (Phi) is 10.1. The van der Waals surface area contributed by atoms with Crippen molar-refractivity contribution in [2.24, 2.45) is 5.73 Å². The number of ether oxygens (including phenoxy) is 2. The van der Waals surface area contributed by atoms with E-state index in [1.54, 1.807) is 18.2 Å². The minimum atomic E-state index is -4.43. The van der Waals surface area contributed by atoms with Crippen molar-refractivity contribution in [3.05, 3.63) is 53.1 Å². The fourth-order valence-electron chi connectivity index (χ4n) is 4.23. The van der Waals surface area contributed by atoms with Crippen LogP contribution in [-0.4, -0.2) is 60.2 Å². The fourth-order valence-corrected chi connectivity index (χ4v) is 5.26. The number of carbonyl (C=O) groups excluding carboxylic acids is 1. The minimum Gasteiger partial charge on any atom is -0.488 e. The lowest BCUT2D eigenvalue weighted by Crippen LogP contribution is -2.32. The number of nitrogens with zero attached hydrogens (tertiary/aromatic N) is 1. The molecule has 1 aliphatic rings. The van der Waals surface area contributed by atoms with Crippen LogP contribution in [0.4, 0.5) is 18.9 Å². The van der Waals surface area contributed by atoms with Crippen LogP contribution in [0.2, 0.25) is 0 Å². The second kappa shape index (κ2) is 12.8. The molecule has 7 nitrogen and oxygen atoms in total. The Morgan fingerprint density at radius 3 is 2.61 bits per heavy atom. The molecule has 0 spiro atoms. The number of carbonyl (C=O) groups is 1. The number of aliphatic hydroxyl groups is 1. The summed E-state index contributed by atoms with van der Waals surface area (Å²) in [6, 6.07) is 10.2. The molecule has 2 aromatic carbocycles. The number of alkyl halides is 4. The second-order valence-electron chi connectivity index (χ2n) is 8.68. The molecule has 1 amide bonds. The molecule has 4 N–H and O–H groups in total. The third-order valence-electron chi connectivity index (χ3n) is 5.72. The van der Waals surface area contributed by atoms with Crippen molar-refractivity contribution in [3.63, 3.8) is 0 Å². The lowest BCUT2D eigenvalue weighted by Gasteiger charge is -2.25. The van der Waals surface area contributed by atoms with Crippen LogP contribution < -0.4 is 25.4 Å². The number of anilines is 1. The van der Waals surface area contributed by atoms with E-state index in [0.29, 0.717) is 31.5 Å². The maximum atomic E-state index is 12.5. The molecular formula is C25H31F3IN3O4. The minimum absolute atomic E-state index is 0.0431. The number of nitrogens with two attached hydrogens (primary N) is 1. The molecule has 11 heteroatoms. The Labute approximate surface area is 222 Å². The van der Waals surface area contributed by atoms with Crippen molar-refractivity contribution in [1.29, 1.82) is 0 Å². The number of benzene rings is 2. The number of primary amides is 1. The van der Waals surface area contributed by atoms with Crippen molar-refractivity contribution >= 4 is 34.2 Å². The molecule has 2 atom stereocenters. The molecule has 0 radical (unpaired) electrons. The highest BCUT2D eigenvalue weighted by atomic mass is 127. The van der Waals surface area contributed by atoms with Gasteiger partial charge in [0.15, 0.2) is 18.1 Å². The molecule has 1 heterocycles. The topological polar surface area (TPSA) is 97.1 Å². The molecule has 0 aromatic heterocycles. The molecule has 0 saturated heterocycles. The average molecular weight is 621 g/mol. The molecule has 1 aliphatic heterocycles. The summed E-state index contributed by atoms with van der Waals surface area (Å²) >= 11 is 2.35. The van der Waals surface area contributed by atoms with E-state index in [2.05, 4.69) is 38.9 Å². The first-order valence-corrected chi connectivity index (χ1v) is 13.0. The fraction of sp³-hybridized carbons (Fsp3) is 0.480. The van der Waals surface area contributed by atoms with E-state index in [1.165, 1.54) is 6.07 Å². The zero-order valence-electron chi connectivity index (χ0n) is 20.0. The van der Waals surface area contributed by atoms with Crippen LogP contribution >= 0.6 is 22.6 Å². The number of para-hydroxylation sites is 2. The zero-order chi connectivity index (χ0) is 26.3. The van der Waals surface area contributed by atoms with E-state index in [4.69, 9.17) is 15.2 Å². The summed E-state index contributed by atoms with van der Waals surface area (Å²) < 4.78 is 48.0. The van der Waals surface area contributed by atoms with Crippen LogP contribution in [0.3, 0.4) is 0 Å². The van der Waals surface area contributed by atoms with Crippen molar-refractivity contribution < 1.29 is 32.5 Å². The lowest BCUT2D eigenvalue weighted by molar-refractivity contribution is -0.153. The molecular weight excluding hydrogens is 590 g/mol. The van der Waals surface area contributed by atoms with Gasteiger partial charge in [-0.25, -0.2) is 0 Å². The number of rotatable bonds is 13. The summed E-state index contributed by atoms with van der Waals surface area (Å²) in [4.78, 5) is 14.4. The maximum absolute atomic E-state index is 12.5. The number of fused-ring (bicyclic) bond motifs is 1. The van der Waals surface area contributed by atoms with E-state index in [1.807, 2.05) is 13.0 Å². The summed E-state index contributed by atoms with van der Waals surface area (Å²) in [5, 5.41) is 12.6. The van der Waals surface area contributed by atoms with E-state index in [-0.39, 0.29) is 34.8 Å². The molecule has 2 unspecified atom stereocenters. The van der Waals surface area contributed by atoms with Gasteiger partial charge in [0, 0.05) is 32.2 Å². The van der Waals surface area contributed by atoms with Gasteiger partial charge < -0.3 is 30.5 Å². The highest BCUT2D eigenvalue weighted by molar-refractivity contribution is 14.1. The summed E-state index contributed by atoms with van der Waals surface area (Å²) in [7, 11) is 0. The summed E-state index contributed by atoms with van der Waals surface area (Å²) in [6.45, 7) is 2.06. The Morgan fingerprint density at radius 2 is 1.97 bits per heavy atom. The third kappa shape index (κ3) is 7.87. The van der Waals surface area contributed by atoms with Crippen LogP contribution in [-0.2, 0) is 12.8 Å². The summed E-state index contributed by atoms with van der Waals surface area (Å²) in [6.07, 6.45) is -2.37. The zero-order valence-corrected chi connectivity index (χ0v) is 22.1. The van der Waals surface area contributed by atoms with Gasteiger partial charge in [-0.05, 0) is 49.1 Å². The van der Waals surface area contributed by atoms with Gasteiger partial charge in [0.05, 0.1) is 15.3 Å². The SMILES string of the molecule is CC(Cc1cc2c(c(C(N)=O)c1)N(CCCO)C(I)C2)NCCOc1ccccc1OCC(F)(F)F. The molecule has 0 fully saturated rings. The standard InChI is InChI=1S/C25H31F3IN3O4/c1-16(31-7-10-35-20-5-2-3-6-21(20)36-15-25(26,27)28)11-17-12-18-14-22(29)32(8-4-9-33)23(18)19(13-17)24(30)34/h2-3,5-6,12-13,16,22,31,33H,4,7-11,14-15H2,1H3,(H2,30,34). The Hall–Kier alpha value is -2.25. The first-order valence-electron chi connectivity index (χ1n) is 11.7. The highest BCUT2D eigenvalue weighted by Gasteiger charge is 2.31. The number of nitrogens with one attached hydrogen (secondary N) is 1. The van der Waals surface area contributed by atoms with Crippen molar-refractivity contribution in [2.75, 3.05) is 37.8 Å². The number of hydrogen-bond acceptors (Lipinski definition) is 6. The van der Waals surface area contributed by atoms with Gasteiger partial charge in [0.1, 0.15) is 6.61 Å². The number of halogens is 4. The van der Waals surface area contributed by atoms with Crippen LogP contribution in [0, 0.1) is 0 Å². The van der Waals surface area contributed by atoms with Gasteiger partial charge in [-0.2, -0.15) is 13.2 Å². The predicted molar refractivity (Wildman–Crippen MR) is 140 cm³/mol. The largest absolute Gasteiger partial charge is 0.488 e. The Morgan fingerprint density at radius 1 is 1.28 bits per heavy atom. The first-order chi connectivity index (χ1) is 17.1. The maximum Gasteiger partial charge on any atom is 0.422 e. The van der Waals surface area contributed by atoms with Crippen molar-refractivity contribution in [1.82, 2.24) is 5.32 Å². The monoisotopic (exact) mass is 621 g/mol. The molecule has 36 heavy (non-hydrogen) atoms. The van der Waals surface area contributed by atoms with Crippen LogP contribution in [0.15, 0.2) is 36.4 Å². The number of amides is 1. The van der Waals surface area contributed by atoms with Crippen LogP contribution in [0.25, 0.3) is 0 Å². The quantitative estimate of drug-likeness (QED) is 0.136. The van der Waals surface area contributed by atoms with E-state index in [9.17, 15) is 23.1 Å². The van der Waals surface area contributed by atoms with Gasteiger partial charge in [0.2, 0.25) is 0 Å². The molecule has 2 aromatic rings. The smallest absolute Gasteiger partial charge is 0.422 e. The van der Waals surface area contributed by atoms with Crippen LogP contribution in [0.1, 0.15) is 34.8 Å². The predicted octanol–water partition coefficient (Wildman–Crippen LogP) is 3.83. The van der Waals surface area contributed by atoms with Gasteiger partial charge in [-0.15, -0.1) is 0 Å². The van der Waals surface area contributed by atoms with E-state index < -0.39 is 18.7 Å². The molecule has 3 rings (SSSR count). The molecule has 0 saturated carbocycles. The first kappa shape index (κ1) is 28.3. The van der Waals surface area contributed by atoms with E-state index >= 15 is 0 Å². The third-order valence-corrected chi connectivity index (χ3v) is 6.83. The summed E-state index contributed by atoms with van der Waals surface area (Å²) in [5.41, 5.74) is 9.13.